The van der Waals surface area contributed by atoms with Gasteiger partial charge in [-0.15, -0.1) is 0 Å². The van der Waals surface area contributed by atoms with E-state index < -0.39 is 9.84 Å². The van der Waals surface area contributed by atoms with E-state index in [9.17, 15) is 8.42 Å². The fourth-order valence-electron chi connectivity index (χ4n) is 2.02. The van der Waals surface area contributed by atoms with E-state index in [1.807, 2.05) is 6.92 Å². The Bertz CT molecular complexity index is 877. The molecule has 102 valence electrons. The second-order valence-corrected chi connectivity index (χ2v) is 7.36. The fourth-order valence-corrected chi connectivity index (χ4v) is 4.06. The lowest BCUT2D eigenvalue weighted by atomic mass is 10.2. The van der Waals surface area contributed by atoms with Gasteiger partial charge in [0.25, 0.3) is 0 Å². The molecule has 0 aliphatic heterocycles. The minimum absolute atomic E-state index is 0.252. The molecule has 5 heteroatoms. The zero-order valence-corrected chi connectivity index (χ0v) is 13.0. The first-order valence-corrected chi connectivity index (χ1v) is 8.24. The van der Waals surface area contributed by atoms with Crippen LogP contribution in [-0.2, 0) is 9.84 Å². The number of rotatable bonds is 2. The van der Waals surface area contributed by atoms with Crippen molar-refractivity contribution in [3.05, 3.63) is 58.8 Å². The predicted molar refractivity (Wildman–Crippen MR) is 80.5 cm³/mol. The quantitative estimate of drug-likeness (QED) is 0.690. The predicted octanol–water partition coefficient (Wildman–Crippen LogP) is 4.34. The molecular weight excluding hydrogens is 340 g/mol. The van der Waals surface area contributed by atoms with Crippen LogP contribution in [0.2, 0.25) is 0 Å². The Hall–Kier alpha value is -1.59. The molecule has 0 fully saturated rings. The molecule has 0 spiro atoms. The van der Waals surface area contributed by atoms with E-state index in [1.54, 1.807) is 42.5 Å². The van der Waals surface area contributed by atoms with Crippen molar-refractivity contribution in [3.8, 4) is 0 Å². The first-order valence-electron chi connectivity index (χ1n) is 5.97. The van der Waals surface area contributed by atoms with Gasteiger partial charge in [-0.3, -0.25) is 0 Å². The summed E-state index contributed by atoms with van der Waals surface area (Å²) in [5, 5.41) is 0.755. The summed E-state index contributed by atoms with van der Waals surface area (Å²) in [6.45, 7) is 1.92. The Balaban J connectivity index is 2.20. The highest BCUT2D eigenvalue weighted by Crippen LogP contribution is 2.31. The minimum atomic E-state index is -3.52. The van der Waals surface area contributed by atoms with Crippen LogP contribution < -0.4 is 0 Å². The maximum Gasteiger partial charge on any atom is 0.206 e. The Morgan fingerprint density at radius 2 is 1.70 bits per heavy atom. The summed E-state index contributed by atoms with van der Waals surface area (Å²) in [7, 11) is -3.52. The molecule has 0 saturated heterocycles. The number of furan rings is 1. The van der Waals surface area contributed by atoms with E-state index in [0.717, 1.165) is 10.9 Å². The van der Waals surface area contributed by atoms with Crippen LogP contribution in [0.25, 0.3) is 11.0 Å². The van der Waals surface area contributed by atoms with Crippen LogP contribution in [0.4, 0.5) is 0 Å². The van der Waals surface area contributed by atoms with E-state index in [-0.39, 0.29) is 9.79 Å². The van der Waals surface area contributed by atoms with Gasteiger partial charge in [-0.25, -0.2) is 8.42 Å². The van der Waals surface area contributed by atoms with Gasteiger partial charge in [-0.1, -0.05) is 17.7 Å². The van der Waals surface area contributed by atoms with Gasteiger partial charge in [0.05, 0.1) is 20.5 Å². The van der Waals surface area contributed by atoms with Gasteiger partial charge in [-0.05, 0) is 53.2 Å². The van der Waals surface area contributed by atoms with Crippen LogP contribution in [0.15, 0.2) is 67.4 Å². The molecule has 3 nitrogen and oxygen atoms in total. The summed E-state index contributed by atoms with van der Waals surface area (Å²) in [4.78, 5) is 0.542. The second-order valence-electron chi connectivity index (χ2n) is 4.56. The summed E-state index contributed by atoms with van der Waals surface area (Å²) in [6.07, 6.45) is 1.54. The molecule has 0 saturated carbocycles. The van der Waals surface area contributed by atoms with Gasteiger partial charge in [0, 0.05) is 5.39 Å². The molecule has 2 aromatic carbocycles. The molecule has 3 rings (SSSR count). The SMILES string of the molecule is Cc1ccc(S(=O)(=O)c2cc(Br)c3occc3c2)cc1. The van der Waals surface area contributed by atoms with E-state index >= 15 is 0 Å². The third-order valence-corrected chi connectivity index (χ3v) is 5.46. The molecule has 3 aromatic rings. The smallest absolute Gasteiger partial charge is 0.206 e. The van der Waals surface area contributed by atoms with Gasteiger partial charge in [0.2, 0.25) is 9.84 Å². The number of benzene rings is 2. The van der Waals surface area contributed by atoms with Crippen LogP contribution in [0.5, 0.6) is 0 Å². The first kappa shape index (κ1) is 13.4. The number of hydrogen-bond acceptors (Lipinski definition) is 3. The molecule has 0 aliphatic rings. The number of halogens is 1. The molecule has 0 unspecified atom stereocenters. The number of fused-ring (bicyclic) bond motifs is 1. The summed E-state index contributed by atoms with van der Waals surface area (Å²) in [5.74, 6) is 0. The van der Waals surface area contributed by atoms with Crippen LogP contribution in [0, 0.1) is 6.92 Å². The van der Waals surface area contributed by atoms with Crippen molar-refractivity contribution in [2.75, 3.05) is 0 Å². The second kappa shape index (κ2) is 4.75. The van der Waals surface area contributed by atoms with Gasteiger partial charge in [0.1, 0.15) is 5.58 Å². The van der Waals surface area contributed by atoms with Crippen molar-refractivity contribution in [3.63, 3.8) is 0 Å². The van der Waals surface area contributed by atoms with Crippen molar-refractivity contribution in [1.29, 1.82) is 0 Å². The van der Waals surface area contributed by atoms with E-state index in [4.69, 9.17) is 4.42 Å². The van der Waals surface area contributed by atoms with Crippen molar-refractivity contribution in [2.45, 2.75) is 16.7 Å². The Morgan fingerprint density at radius 3 is 2.40 bits per heavy atom. The van der Waals surface area contributed by atoms with Crippen molar-refractivity contribution < 1.29 is 12.8 Å². The Morgan fingerprint density at radius 1 is 1.00 bits per heavy atom. The summed E-state index contributed by atoms with van der Waals surface area (Å²) in [5.41, 5.74) is 1.67. The highest BCUT2D eigenvalue weighted by Gasteiger charge is 2.19. The molecule has 0 N–H and O–H groups in total. The lowest BCUT2D eigenvalue weighted by Crippen LogP contribution is -2.02. The molecule has 0 amide bonds. The summed E-state index contributed by atoms with van der Waals surface area (Å²) in [6, 6.07) is 11.8. The molecule has 1 aromatic heterocycles. The molecule has 0 radical (unpaired) electrons. The maximum atomic E-state index is 12.6. The molecule has 1 heterocycles. The average molecular weight is 351 g/mol. The Labute approximate surface area is 125 Å². The first-order chi connectivity index (χ1) is 9.48. The molecule has 0 aliphatic carbocycles. The average Bonchev–Trinajstić information content (AvgIpc) is 2.88. The standard InChI is InChI=1S/C15H11BrO3S/c1-10-2-4-12(5-3-10)20(17,18)13-8-11-6-7-19-15(11)14(16)9-13/h2-9H,1H3. The normalized spacial score (nSPS) is 11.9. The van der Waals surface area contributed by atoms with Crippen LogP contribution in [0.3, 0.4) is 0 Å². The topological polar surface area (TPSA) is 47.3 Å². The Kier molecular flexibility index (Phi) is 3.18. The number of aryl methyl sites for hydroxylation is 1. The van der Waals surface area contributed by atoms with Gasteiger partial charge < -0.3 is 4.42 Å². The van der Waals surface area contributed by atoms with Crippen molar-refractivity contribution >= 4 is 36.7 Å². The fraction of sp³-hybridized carbons (Fsp3) is 0.0667. The maximum absolute atomic E-state index is 12.6. The number of hydrogen-bond donors (Lipinski definition) is 0. The minimum Gasteiger partial charge on any atom is -0.463 e. The highest BCUT2D eigenvalue weighted by molar-refractivity contribution is 9.10. The summed E-state index contributed by atoms with van der Waals surface area (Å²) >= 11 is 3.35. The third-order valence-electron chi connectivity index (χ3n) is 3.12. The molecule has 20 heavy (non-hydrogen) atoms. The van der Waals surface area contributed by atoms with E-state index in [1.165, 1.54) is 6.26 Å². The zero-order valence-electron chi connectivity index (χ0n) is 10.6. The van der Waals surface area contributed by atoms with Crippen LogP contribution in [-0.4, -0.2) is 8.42 Å². The van der Waals surface area contributed by atoms with Crippen molar-refractivity contribution in [1.82, 2.24) is 0 Å². The largest absolute Gasteiger partial charge is 0.463 e. The van der Waals surface area contributed by atoms with E-state index in [0.29, 0.717) is 10.1 Å². The zero-order chi connectivity index (χ0) is 14.3. The van der Waals surface area contributed by atoms with Gasteiger partial charge in [-0.2, -0.15) is 0 Å². The molecule has 0 bridgehead atoms. The van der Waals surface area contributed by atoms with Gasteiger partial charge >= 0.3 is 0 Å². The molecular formula is C15H11BrO3S. The molecule has 0 atom stereocenters. The highest BCUT2D eigenvalue weighted by atomic mass is 79.9. The lowest BCUT2D eigenvalue weighted by Gasteiger charge is -2.06. The third kappa shape index (κ3) is 2.17. The van der Waals surface area contributed by atoms with Crippen molar-refractivity contribution in [2.24, 2.45) is 0 Å². The summed E-state index contributed by atoms with van der Waals surface area (Å²) < 4.78 is 31.1. The van der Waals surface area contributed by atoms with Gasteiger partial charge in [0.15, 0.2) is 0 Å². The van der Waals surface area contributed by atoms with E-state index in [2.05, 4.69) is 15.9 Å². The van der Waals surface area contributed by atoms with Crippen LogP contribution in [0.1, 0.15) is 5.56 Å². The number of sulfone groups is 1. The van der Waals surface area contributed by atoms with Crippen LogP contribution >= 0.6 is 15.9 Å². The lowest BCUT2D eigenvalue weighted by molar-refractivity contribution is 0.596. The monoisotopic (exact) mass is 350 g/mol.